The van der Waals surface area contributed by atoms with Gasteiger partial charge in [-0.15, -0.1) is 0 Å². The summed E-state index contributed by atoms with van der Waals surface area (Å²) in [6, 6.07) is 19.1. The fourth-order valence-corrected chi connectivity index (χ4v) is 6.75. The van der Waals surface area contributed by atoms with Gasteiger partial charge < -0.3 is 20.9 Å². The maximum atomic E-state index is 14.2. The van der Waals surface area contributed by atoms with Crippen molar-refractivity contribution in [1.29, 1.82) is 0 Å². The summed E-state index contributed by atoms with van der Waals surface area (Å²) in [6.45, 7) is 3.64. The summed E-state index contributed by atoms with van der Waals surface area (Å²) in [5.74, 6) is 0.377. The lowest BCUT2D eigenvalue weighted by molar-refractivity contribution is -0.138. The summed E-state index contributed by atoms with van der Waals surface area (Å²) in [5.41, 5.74) is 3.61. The van der Waals surface area contributed by atoms with E-state index in [2.05, 4.69) is 82.4 Å². The molecule has 1 saturated carbocycles. The number of benzene rings is 2. The highest BCUT2D eigenvalue weighted by molar-refractivity contribution is 5.82. The van der Waals surface area contributed by atoms with E-state index in [0.29, 0.717) is 12.5 Å². The largest absolute Gasteiger partial charge is 0.378 e. The van der Waals surface area contributed by atoms with E-state index in [1.807, 2.05) is 0 Å². The van der Waals surface area contributed by atoms with Crippen LogP contribution in [0.25, 0.3) is 0 Å². The fourth-order valence-electron chi connectivity index (χ4n) is 6.75. The first-order chi connectivity index (χ1) is 18.2. The number of amides is 3. The molecule has 2 aromatic carbocycles. The smallest absolute Gasteiger partial charge is 0.315 e. The Bertz CT molecular complexity index is 1060. The average Bonchev–Trinajstić information content (AvgIpc) is 3.38. The van der Waals surface area contributed by atoms with E-state index in [4.69, 9.17) is 0 Å². The lowest BCUT2D eigenvalue weighted by atomic mass is 9.79. The molecule has 0 aromatic heterocycles. The first-order valence-corrected chi connectivity index (χ1v) is 14.4. The third kappa shape index (κ3) is 5.63. The van der Waals surface area contributed by atoms with Gasteiger partial charge in [-0.05, 0) is 42.9 Å². The van der Waals surface area contributed by atoms with Crippen molar-refractivity contribution in [1.82, 2.24) is 15.5 Å². The number of nitrogens with zero attached hydrogens (tertiary/aromatic N) is 1. The van der Waals surface area contributed by atoms with Gasteiger partial charge in [-0.25, -0.2) is 4.79 Å². The number of carbonyl (C=O) groups is 2. The number of likely N-dealkylation sites (tertiary alicyclic amines) is 1. The second kappa shape index (κ2) is 12.0. The number of hydrogen-bond donors (Lipinski definition) is 3. The van der Waals surface area contributed by atoms with Crippen molar-refractivity contribution in [2.24, 2.45) is 11.8 Å². The number of fused-ring (bicyclic) bond motifs is 3. The minimum absolute atomic E-state index is 0.0603. The molecule has 2 aromatic rings. The van der Waals surface area contributed by atoms with Crippen LogP contribution < -0.4 is 16.0 Å². The van der Waals surface area contributed by atoms with Crippen molar-refractivity contribution in [3.8, 4) is 0 Å². The maximum Gasteiger partial charge on any atom is 0.315 e. The number of unbranched alkanes of at least 4 members (excludes halogenated alkanes) is 3. The highest BCUT2D eigenvalue weighted by Gasteiger charge is 2.48. The van der Waals surface area contributed by atoms with Crippen LogP contribution in [-0.4, -0.2) is 36.0 Å². The van der Waals surface area contributed by atoms with Crippen molar-refractivity contribution < 1.29 is 9.59 Å². The fraction of sp³-hybridized carbons (Fsp3) is 0.548. The first-order valence-electron chi connectivity index (χ1n) is 14.4. The minimum atomic E-state index is -0.157. The monoisotopic (exact) mass is 502 g/mol. The van der Waals surface area contributed by atoms with Gasteiger partial charge in [0.1, 0.15) is 0 Å². The number of urea groups is 1. The van der Waals surface area contributed by atoms with Crippen LogP contribution in [0.3, 0.4) is 0 Å². The van der Waals surface area contributed by atoms with Crippen molar-refractivity contribution in [3.63, 3.8) is 0 Å². The van der Waals surface area contributed by atoms with Crippen LogP contribution in [0, 0.1) is 11.8 Å². The van der Waals surface area contributed by atoms with Crippen molar-refractivity contribution in [3.05, 3.63) is 65.7 Å². The van der Waals surface area contributed by atoms with Gasteiger partial charge in [-0.1, -0.05) is 87.6 Å². The zero-order chi connectivity index (χ0) is 25.6. The number of nitrogens with one attached hydrogen (secondary N) is 3. The van der Waals surface area contributed by atoms with E-state index in [9.17, 15) is 9.59 Å². The normalized spacial score (nSPS) is 26.5. The molecule has 0 radical (unpaired) electrons. The Morgan fingerprint density at radius 1 is 0.946 bits per heavy atom. The summed E-state index contributed by atoms with van der Waals surface area (Å²) >= 11 is 0. The predicted octanol–water partition coefficient (Wildman–Crippen LogP) is 6.18. The molecule has 2 aliphatic heterocycles. The van der Waals surface area contributed by atoms with Gasteiger partial charge in [-0.3, -0.25) is 4.79 Å². The molecule has 2 heterocycles. The SMILES string of the molecule is CCCCCCNC(=O)N[C@@H]1CCCC[C@@H]1C(=O)N1CC[C@@H]2[C@H](c3ccccc3)Nc3ccccc3[C@@H]21. The van der Waals surface area contributed by atoms with E-state index in [1.54, 1.807) is 0 Å². The number of rotatable bonds is 8. The highest BCUT2D eigenvalue weighted by atomic mass is 16.2. The Balaban J connectivity index is 1.31. The maximum absolute atomic E-state index is 14.2. The van der Waals surface area contributed by atoms with Crippen LogP contribution >= 0.6 is 0 Å². The molecule has 0 unspecified atom stereocenters. The number of anilines is 1. The molecule has 37 heavy (non-hydrogen) atoms. The zero-order valence-corrected chi connectivity index (χ0v) is 22.1. The van der Waals surface area contributed by atoms with E-state index in [1.165, 1.54) is 24.0 Å². The summed E-state index contributed by atoms with van der Waals surface area (Å²) in [6.07, 6.45) is 9.30. The Hall–Kier alpha value is -3.02. The molecule has 1 saturated heterocycles. The van der Waals surface area contributed by atoms with Crippen LogP contribution in [0.1, 0.15) is 87.9 Å². The van der Waals surface area contributed by atoms with Crippen molar-refractivity contribution >= 4 is 17.6 Å². The third-order valence-electron chi connectivity index (χ3n) is 8.62. The Labute approximate surface area is 221 Å². The lowest BCUT2D eigenvalue weighted by Crippen LogP contribution is -2.52. The van der Waals surface area contributed by atoms with E-state index in [0.717, 1.165) is 57.2 Å². The van der Waals surface area contributed by atoms with E-state index < -0.39 is 0 Å². The molecule has 6 nitrogen and oxygen atoms in total. The van der Waals surface area contributed by atoms with E-state index >= 15 is 0 Å². The van der Waals surface area contributed by atoms with Crippen molar-refractivity contribution in [2.75, 3.05) is 18.4 Å². The van der Waals surface area contributed by atoms with Crippen LogP contribution in [-0.2, 0) is 4.79 Å². The molecule has 6 heteroatoms. The van der Waals surface area contributed by atoms with Crippen LogP contribution in [0.15, 0.2) is 54.6 Å². The highest BCUT2D eigenvalue weighted by Crippen LogP contribution is 2.51. The molecular formula is C31H42N4O2. The molecule has 1 aliphatic carbocycles. The van der Waals surface area contributed by atoms with Gasteiger partial charge in [-0.2, -0.15) is 0 Å². The quantitative estimate of drug-likeness (QED) is 0.377. The molecule has 3 N–H and O–H groups in total. The van der Waals surface area contributed by atoms with Gasteiger partial charge in [0.2, 0.25) is 5.91 Å². The van der Waals surface area contributed by atoms with Gasteiger partial charge in [0, 0.05) is 30.7 Å². The summed E-state index contributed by atoms with van der Waals surface area (Å²) in [4.78, 5) is 29.0. The van der Waals surface area contributed by atoms with Gasteiger partial charge >= 0.3 is 6.03 Å². The van der Waals surface area contributed by atoms with Gasteiger partial charge in [0.05, 0.1) is 18.0 Å². The van der Waals surface area contributed by atoms with Crippen LogP contribution in [0.2, 0.25) is 0 Å². The second-order valence-corrected chi connectivity index (χ2v) is 11.0. The zero-order valence-electron chi connectivity index (χ0n) is 22.1. The summed E-state index contributed by atoms with van der Waals surface area (Å²) < 4.78 is 0. The molecule has 198 valence electrons. The molecule has 0 bridgehead atoms. The standard InChI is InChI=1S/C31H42N4O2/c1-2-3-4-12-20-32-31(37)34-27-18-11-9-16-24(27)30(36)35-21-19-25-28(22-13-6-5-7-14-22)33-26-17-10-8-15-23(26)29(25)35/h5-8,10,13-15,17,24-25,27-29,33H,2-4,9,11-12,16,18-21H2,1H3,(H2,32,34,37)/t24-,25+,27+,28-,29-/m0/s1. The molecular weight excluding hydrogens is 460 g/mol. The number of carbonyl (C=O) groups excluding carboxylic acids is 2. The lowest BCUT2D eigenvalue weighted by Gasteiger charge is -2.42. The van der Waals surface area contributed by atoms with Gasteiger partial charge in [0.15, 0.2) is 0 Å². The first kappa shape index (κ1) is 25.6. The molecule has 5 atom stereocenters. The Kier molecular flexibility index (Phi) is 8.32. The van der Waals surface area contributed by atoms with Crippen molar-refractivity contribution in [2.45, 2.75) is 82.8 Å². The average molecular weight is 503 g/mol. The molecule has 3 aliphatic rings. The van der Waals surface area contributed by atoms with Crippen LogP contribution in [0.4, 0.5) is 10.5 Å². The summed E-state index contributed by atoms with van der Waals surface area (Å²) in [5, 5.41) is 9.98. The Morgan fingerprint density at radius 3 is 2.57 bits per heavy atom. The third-order valence-corrected chi connectivity index (χ3v) is 8.62. The predicted molar refractivity (Wildman–Crippen MR) is 148 cm³/mol. The molecule has 0 spiro atoms. The minimum Gasteiger partial charge on any atom is -0.378 e. The number of hydrogen-bond acceptors (Lipinski definition) is 3. The second-order valence-electron chi connectivity index (χ2n) is 11.0. The van der Waals surface area contributed by atoms with Crippen LogP contribution in [0.5, 0.6) is 0 Å². The molecule has 2 fully saturated rings. The Morgan fingerprint density at radius 2 is 1.73 bits per heavy atom. The van der Waals surface area contributed by atoms with E-state index in [-0.39, 0.29) is 36.0 Å². The number of para-hydroxylation sites is 1. The molecule has 3 amide bonds. The van der Waals surface area contributed by atoms with Gasteiger partial charge in [0.25, 0.3) is 0 Å². The summed E-state index contributed by atoms with van der Waals surface area (Å²) in [7, 11) is 0. The molecule has 5 rings (SSSR count). The topological polar surface area (TPSA) is 73.5 Å².